The Balaban J connectivity index is 1.70. The lowest BCUT2D eigenvalue weighted by molar-refractivity contribution is 0.0932. The molecule has 1 heterocycles. The van der Waals surface area contributed by atoms with Crippen LogP contribution >= 0.6 is 0 Å². The zero-order chi connectivity index (χ0) is 21.3. The van der Waals surface area contributed by atoms with E-state index in [0.29, 0.717) is 0 Å². The monoisotopic (exact) mass is 419 g/mol. The largest absolute Gasteiger partial charge is 0.345 e. The molecule has 1 aliphatic rings. The molecule has 0 spiro atoms. The van der Waals surface area contributed by atoms with Gasteiger partial charge < -0.3 is 5.32 Å². The van der Waals surface area contributed by atoms with Crippen molar-refractivity contribution < 1.29 is 18.0 Å². The fourth-order valence-electron chi connectivity index (χ4n) is 3.76. The number of benzene rings is 3. The third-order valence-electron chi connectivity index (χ3n) is 5.28. The van der Waals surface area contributed by atoms with Crippen molar-refractivity contribution in [3.8, 4) is 0 Å². The standard InChI is InChI=1S/C24H21NO4S/c1-2-8-20(16-9-4-3-5-10-16)25-24(27)17-13-14-19-22(15-17)30(28,29)21-12-7-6-11-18(21)23(19)26/h3-7,9-15,20H,2,8H2,1H3,(H,25,27)/t20-/m1/s1. The smallest absolute Gasteiger partial charge is 0.251 e. The summed E-state index contributed by atoms with van der Waals surface area (Å²) in [7, 11) is -3.88. The van der Waals surface area contributed by atoms with Crippen molar-refractivity contribution in [3.63, 3.8) is 0 Å². The maximum absolute atomic E-state index is 13.1. The Bertz CT molecular complexity index is 1230. The molecule has 152 valence electrons. The molecule has 1 atom stereocenters. The lowest BCUT2D eigenvalue weighted by Gasteiger charge is -2.21. The highest BCUT2D eigenvalue weighted by Crippen LogP contribution is 2.34. The fourth-order valence-corrected chi connectivity index (χ4v) is 5.44. The summed E-state index contributed by atoms with van der Waals surface area (Å²) in [5.74, 6) is -0.725. The molecule has 0 aromatic heterocycles. The van der Waals surface area contributed by atoms with Crippen LogP contribution in [0.25, 0.3) is 0 Å². The lowest BCUT2D eigenvalue weighted by atomic mass is 10.00. The molecule has 0 radical (unpaired) electrons. The van der Waals surface area contributed by atoms with Gasteiger partial charge in [0.15, 0.2) is 5.78 Å². The number of ketones is 1. The Morgan fingerprint density at radius 3 is 2.30 bits per heavy atom. The highest BCUT2D eigenvalue weighted by molar-refractivity contribution is 7.91. The predicted molar refractivity (Wildman–Crippen MR) is 113 cm³/mol. The molecule has 0 saturated heterocycles. The maximum atomic E-state index is 13.1. The lowest BCUT2D eigenvalue weighted by Crippen LogP contribution is -2.29. The third kappa shape index (κ3) is 3.44. The molecule has 1 amide bonds. The van der Waals surface area contributed by atoms with Gasteiger partial charge in [0.25, 0.3) is 5.91 Å². The maximum Gasteiger partial charge on any atom is 0.251 e. The molecule has 1 N–H and O–H groups in total. The van der Waals surface area contributed by atoms with E-state index in [0.717, 1.165) is 18.4 Å². The summed E-state index contributed by atoms with van der Waals surface area (Å²) in [5.41, 5.74) is 1.46. The number of carbonyl (C=O) groups is 2. The van der Waals surface area contributed by atoms with E-state index in [9.17, 15) is 18.0 Å². The summed E-state index contributed by atoms with van der Waals surface area (Å²) in [4.78, 5) is 25.6. The molecule has 0 fully saturated rings. The zero-order valence-corrected chi connectivity index (χ0v) is 17.3. The Morgan fingerprint density at radius 1 is 0.900 bits per heavy atom. The Morgan fingerprint density at radius 2 is 1.57 bits per heavy atom. The summed E-state index contributed by atoms with van der Waals surface area (Å²) < 4.78 is 26.2. The normalized spacial score (nSPS) is 15.0. The number of fused-ring (bicyclic) bond motifs is 2. The average Bonchev–Trinajstić information content (AvgIpc) is 2.77. The van der Waals surface area contributed by atoms with Crippen LogP contribution in [0, 0.1) is 0 Å². The van der Waals surface area contributed by atoms with Crippen molar-refractivity contribution >= 4 is 21.5 Å². The third-order valence-corrected chi connectivity index (χ3v) is 7.14. The number of amides is 1. The van der Waals surface area contributed by atoms with Crippen LogP contribution in [0.5, 0.6) is 0 Å². The number of sulfone groups is 1. The quantitative estimate of drug-likeness (QED) is 0.522. The minimum absolute atomic E-state index is 0.0202. The van der Waals surface area contributed by atoms with Gasteiger partial charge in [-0.2, -0.15) is 0 Å². The SMILES string of the molecule is CCC[C@@H](NC(=O)c1ccc2c(c1)S(=O)(=O)c1ccccc1C2=O)c1ccccc1. The second kappa shape index (κ2) is 7.88. The van der Waals surface area contributed by atoms with Crippen molar-refractivity contribution in [1.29, 1.82) is 0 Å². The van der Waals surface area contributed by atoms with Gasteiger partial charge in [-0.05, 0) is 42.3 Å². The zero-order valence-electron chi connectivity index (χ0n) is 16.5. The van der Waals surface area contributed by atoms with Crippen molar-refractivity contribution in [2.24, 2.45) is 0 Å². The molecule has 0 aliphatic carbocycles. The minimum Gasteiger partial charge on any atom is -0.345 e. The first-order chi connectivity index (χ1) is 14.4. The van der Waals surface area contributed by atoms with E-state index in [1.54, 1.807) is 12.1 Å². The molecule has 5 nitrogen and oxygen atoms in total. The van der Waals surface area contributed by atoms with Crippen molar-refractivity contribution in [3.05, 3.63) is 95.1 Å². The first-order valence-electron chi connectivity index (χ1n) is 9.82. The van der Waals surface area contributed by atoms with Gasteiger partial charge in [0.05, 0.1) is 15.8 Å². The molecule has 6 heteroatoms. The first-order valence-corrected chi connectivity index (χ1v) is 11.3. The van der Waals surface area contributed by atoms with E-state index in [1.807, 2.05) is 37.3 Å². The second-order valence-corrected chi connectivity index (χ2v) is 9.15. The predicted octanol–water partition coefficient (Wildman–Crippen LogP) is 4.34. The van der Waals surface area contributed by atoms with Crippen LogP contribution in [0.15, 0.2) is 82.6 Å². The number of carbonyl (C=O) groups excluding carboxylic acids is 2. The van der Waals surface area contributed by atoms with Gasteiger partial charge in [0.1, 0.15) is 0 Å². The van der Waals surface area contributed by atoms with Gasteiger partial charge in [0, 0.05) is 16.7 Å². The van der Waals surface area contributed by atoms with Crippen LogP contribution in [-0.2, 0) is 9.84 Å². The number of hydrogen-bond donors (Lipinski definition) is 1. The molecule has 3 aromatic rings. The number of hydrogen-bond acceptors (Lipinski definition) is 4. The topological polar surface area (TPSA) is 80.3 Å². The number of nitrogens with one attached hydrogen (secondary N) is 1. The van der Waals surface area contributed by atoms with Crippen molar-refractivity contribution in [2.75, 3.05) is 0 Å². The van der Waals surface area contributed by atoms with E-state index < -0.39 is 9.84 Å². The summed E-state index contributed by atoms with van der Waals surface area (Å²) in [6, 6.07) is 19.9. The van der Waals surface area contributed by atoms with Crippen molar-refractivity contribution in [1.82, 2.24) is 5.32 Å². The average molecular weight is 420 g/mol. The van der Waals surface area contributed by atoms with Gasteiger partial charge in [-0.1, -0.05) is 55.8 Å². The molecule has 0 unspecified atom stereocenters. The molecular weight excluding hydrogens is 398 g/mol. The van der Waals surface area contributed by atoms with E-state index in [1.165, 1.54) is 30.3 Å². The molecule has 3 aromatic carbocycles. The Hall–Kier alpha value is -3.25. The van der Waals surface area contributed by atoms with Crippen molar-refractivity contribution in [2.45, 2.75) is 35.6 Å². The number of rotatable bonds is 5. The van der Waals surface area contributed by atoms with Gasteiger partial charge >= 0.3 is 0 Å². The highest BCUT2D eigenvalue weighted by atomic mass is 32.2. The molecule has 1 aliphatic heterocycles. The van der Waals surface area contributed by atoms with E-state index in [2.05, 4.69) is 5.32 Å². The molecule has 30 heavy (non-hydrogen) atoms. The van der Waals surface area contributed by atoms with Gasteiger partial charge in [0.2, 0.25) is 9.84 Å². The summed E-state index contributed by atoms with van der Waals surface area (Å²) in [6.45, 7) is 2.04. The summed E-state index contributed by atoms with van der Waals surface area (Å²) in [6.07, 6.45) is 1.63. The first kappa shape index (κ1) is 20.0. The van der Waals surface area contributed by atoms with Crippen LogP contribution < -0.4 is 5.32 Å². The van der Waals surface area contributed by atoms with Crippen LogP contribution in [0.2, 0.25) is 0 Å². The van der Waals surface area contributed by atoms with Gasteiger partial charge in [-0.3, -0.25) is 9.59 Å². The fraction of sp³-hybridized carbons (Fsp3) is 0.167. The van der Waals surface area contributed by atoms with E-state index in [4.69, 9.17) is 0 Å². The van der Waals surface area contributed by atoms with Crippen LogP contribution in [0.3, 0.4) is 0 Å². The summed E-state index contributed by atoms with van der Waals surface area (Å²) in [5, 5.41) is 3.00. The molecule has 0 bridgehead atoms. The Kier molecular flexibility index (Phi) is 5.26. The van der Waals surface area contributed by atoms with E-state index in [-0.39, 0.29) is 44.2 Å². The Labute approximate surface area is 175 Å². The highest BCUT2D eigenvalue weighted by Gasteiger charge is 2.35. The molecule has 4 rings (SSSR count). The molecule has 0 saturated carbocycles. The van der Waals surface area contributed by atoms with E-state index >= 15 is 0 Å². The van der Waals surface area contributed by atoms with Crippen LogP contribution in [0.4, 0.5) is 0 Å². The van der Waals surface area contributed by atoms with Crippen LogP contribution in [0.1, 0.15) is 57.7 Å². The second-order valence-electron chi connectivity index (χ2n) is 7.27. The summed E-state index contributed by atoms with van der Waals surface area (Å²) >= 11 is 0. The molecular formula is C24H21NO4S. The van der Waals surface area contributed by atoms with Gasteiger partial charge in [-0.15, -0.1) is 0 Å². The minimum atomic E-state index is -3.88. The van der Waals surface area contributed by atoms with Gasteiger partial charge in [-0.25, -0.2) is 8.42 Å². The van der Waals surface area contributed by atoms with Crippen LogP contribution in [-0.4, -0.2) is 20.1 Å².